The summed E-state index contributed by atoms with van der Waals surface area (Å²) in [6, 6.07) is 6.33. The minimum absolute atomic E-state index is 0.109. The van der Waals surface area contributed by atoms with Gasteiger partial charge in [0.1, 0.15) is 11.6 Å². The fourth-order valence-corrected chi connectivity index (χ4v) is 3.36. The van der Waals surface area contributed by atoms with Gasteiger partial charge in [-0.3, -0.25) is 0 Å². The minimum Gasteiger partial charge on any atom is -0.497 e. The summed E-state index contributed by atoms with van der Waals surface area (Å²) < 4.78 is 13.5. The number of rotatable bonds is 3. The number of imidazole rings is 1. The van der Waals surface area contributed by atoms with Crippen LogP contribution in [0, 0.1) is 0 Å². The quantitative estimate of drug-likeness (QED) is 0.807. The lowest BCUT2D eigenvalue weighted by molar-refractivity contribution is -0.0687. The molecule has 0 N–H and O–H groups in total. The first-order valence-corrected chi connectivity index (χ1v) is 7.82. The van der Waals surface area contributed by atoms with E-state index in [2.05, 4.69) is 23.4 Å². The standard InChI is InChI=1S/C16H21ClN2O2/c1-16(2)9-11(6-7-21-16)19-14-8-12(20-3)4-5-13(14)18-15(19)10-17/h4-5,8,11H,6-7,9-10H2,1-3H3. The Morgan fingerprint density at radius 3 is 2.95 bits per heavy atom. The van der Waals surface area contributed by atoms with E-state index in [1.807, 2.05) is 18.2 Å². The maximum atomic E-state index is 6.12. The summed E-state index contributed by atoms with van der Waals surface area (Å²) in [5.74, 6) is 2.17. The fourth-order valence-electron chi connectivity index (χ4n) is 3.17. The van der Waals surface area contributed by atoms with Gasteiger partial charge in [-0.25, -0.2) is 4.98 Å². The van der Waals surface area contributed by atoms with Crippen LogP contribution in [0.15, 0.2) is 18.2 Å². The number of methoxy groups -OCH3 is 1. The zero-order chi connectivity index (χ0) is 15.0. The Kier molecular flexibility index (Phi) is 3.84. The van der Waals surface area contributed by atoms with Crippen LogP contribution in [0.2, 0.25) is 0 Å². The molecular weight excluding hydrogens is 288 g/mol. The summed E-state index contributed by atoms with van der Waals surface area (Å²) in [5, 5.41) is 0. The molecule has 114 valence electrons. The molecule has 0 bridgehead atoms. The lowest BCUT2D eigenvalue weighted by Crippen LogP contribution is -2.35. The smallest absolute Gasteiger partial charge is 0.125 e. The SMILES string of the molecule is COc1ccc2nc(CCl)n(C3CCOC(C)(C)C3)c2c1. The average molecular weight is 309 g/mol. The molecule has 1 unspecified atom stereocenters. The third-order valence-electron chi connectivity index (χ3n) is 4.13. The Morgan fingerprint density at radius 1 is 1.48 bits per heavy atom. The summed E-state index contributed by atoms with van der Waals surface area (Å²) in [4.78, 5) is 4.66. The van der Waals surface area contributed by atoms with Crippen LogP contribution in [-0.2, 0) is 10.6 Å². The van der Waals surface area contributed by atoms with Gasteiger partial charge >= 0.3 is 0 Å². The first-order chi connectivity index (χ1) is 10.0. The van der Waals surface area contributed by atoms with Crippen LogP contribution in [0.3, 0.4) is 0 Å². The molecule has 1 aromatic heterocycles. The average Bonchev–Trinajstić information content (AvgIpc) is 2.83. The number of hydrogen-bond donors (Lipinski definition) is 0. The van der Waals surface area contributed by atoms with Crippen LogP contribution in [0.4, 0.5) is 0 Å². The molecule has 5 heteroatoms. The van der Waals surface area contributed by atoms with Gasteiger partial charge < -0.3 is 14.0 Å². The van der Waals surface area contributed by atoms with E-state index < -0.39 is 0 Å². The lowest BCUT2D eigenvalue weighted by atomic mass is 9.93. The van der Waals surface area contributed by atoms with Crippen molar-refractivity contribution in [3.8, 4) is 5.75 Å². The summed E-state index contributed by atoms with van der Waals surface area (Å²) in [7, 11) is 1.68. The molecule has 3 rings (SSSR count). The zero-order valence-corrected chi connectivity index (χ0v) is 13.5. The summed E-state index contributed by atoms with van der Waals surface area (Å²) >= 11 is 6.12. The number of halogens is 1. The number of benzene rings is 1. The van der Waals surface area contributed by atoms with Crippen LogP contribution in [0.25, 0.3) is 11.0 Å². The van der Waals surface area contributed by atoms with E-state index in [9.17, 15) is 0 Å². The van der Waals surface area contributed by atoms with Gasteiger partial charge in [0.05, 0.1) is 29.6 Å². The van der Waals surface area contributed by atoms with Crippen molar-refractivity contribution in [1.29, 1.82) is 0 Å². The maximum absolute atomic E-state index is 6.12. The number of ether oxygens (including phenoxy) is 2. The summed E-state index contributed by atoms with van der Waals surface area (Å²) in [6.07, 6.45) is 1.94. The Morgan fingerprint density at radius 2 is 2.29 bits per heavy atom. The van der Waals surface area contributed by atoms with Crippen molar-refractivity contribution in [3.63, 3.8) is 0 Å². The van der Waals surface area contributed by atoms with Crippen molar-refractivity contribution in [2.24, 2.45) is 0 Å². The van der Waals surface area contributed by atoms with Gasteiger partial charge in [-0.15, -0.1) is 11.6 Å². The summed E-state index contributed by atoms with van der Waals surface area (Å²) in [6.45, 7) is 5.04. The van der Waals surface area contributed by atoms with E-state index in [1.54, 1.807) is 7.11 Å². The molecule has 1 fully saturated rings. The molecule has 0 aliphatic carbocycles. The molecule has 2 heterocycles. The maximum Gasteiger partial charge on any atom is 0.125 e. The molecule has 0 spiro atoms. The Balaban J connectivity index is 2.10. The molecule has 1 aliphatic heterocycles. The minimum atomic E-state index is -0.109. The van der Waals surface area contributed by atoms with E-state index in [-0.39, 0.29) is 5.60 Å². The van der Waals surface area contributed by atoms with Crippen molar-refractivity contribution >= 4 is 22.6 Å². The van der Waals surface area contributed by atoms with Crippen LogP contribution in [0.1, 0.15) is 38.6 Å². The second kappa shape index (κ2) is 5.50. The second-order valence-electron chi connectivity index (χ2n) is 6.14. The van der Waals surface area contributed by atoms with Crippen molar-refractivity contribution < 1.29 is 9.47 Å². The number of aromatic nitrogens is 2. The third kappa shape index (κ3) is 2.74. The molecule has 0 saturated carbocycles. The molecule has 2 aromatic rings. The van der Waals surface area contributed by atoms with Crippen LogP contribution in [-0.4, -0.2) is 28.9 Å². The van der Waals surface area contributed by atoms with E-state index in [0.717, 1.165) is 42.1 Å². The molecule has 1 saturated heterocycles. The zero-order valence-electron chi connectivity index (χ0n) is 12.7. The largest absolute Gasteiger partial charge is 0.497 e. The van der Waals surface area contributed by atoms with Gasteiger partial charge in [0, 0.05) is 18.7 Å². The van der Waals surface area contributed by atoms with E-state index in [1.165, 1.54) is 0 Å². The van der Waals surface area contributed by atoms with Gasteiger partial charge in [0.25, 0.3) is 0 Å². The first kappa shape index (κ1) is 14.7. The van der Waals surface area contributed by atoms with Gasteiger partial charge in [0.15, 0.2) is 0 Å². The highest BCUT2D eigenvalue weighted by atomic mass is 35.5. The normalized spacial score (nSPS) is 21.6. The van der Waals surface area contributed by atoms with Gasteiger partial charge in [0.2, 0.25) is 0 Å². The Labute approximate surface area is 130 Å². The number of fused-ring (bicyclic) bond motifs is 1. The third-order valence-corrected chi connectivity index (χ3v) is 4.36. The van der Waals surface area contributed by atoms with E-state index in [4.69, 9.17) is 21.1 Å². The molecule has 0 radical (unpaired) electrons. The first-order valence-electron chi connectivity index (χ1n) is 7.29. The number of nitrogens with zero attached hydrogens (tertiary/aromatic N) is 2. The number of hydrogen-bond acceptors (Lipinski definition) is 3. The topological polar surface area (TPSA) is 36.3 Å². The molecule has 4 nitrogen and oxygen atoms in total. The van der Waals surface area contributed by atoms with Crippen LogP contribution < -0.4 is 4.74 Å². The Hall–Kier alpha value is -1.26. The molecule has 21 heavy (non-hydrogen) atoms. The van der Waals surface area contributed by atoms with Crippen LogP contribution >= 0.6 is 11.6 Å². The second-order valence-corrected chi connectivity index (χ2v) is 6.41. The number of alkyl halides is 1. The molecule has 0 amide bonds. The lowest BCUT2D eigenvalue weighted by Gasteiger charge is -2.36. The molecule has 1 aliphatic rings. The van der Waals surface area contributed by atoms with Gasteiger partial charge in [-0.05, 0) is 38.8 Å². The monoisotopic (exact) mass is 308 g/mol. The van der Waals surface area contributed by atoms with E-state index in [0.29, 0.717) is 11.9 Å². The molecule has 1 atom stereocenters. The van der Waals surface area contributed by atoms with Crippen molar-refractivity contribution in [1.82, 2.24) is 9.55 Å². The van der Waals surface area contributed by atoms with E-state index >= 15 is 0 Å². The highest BCUT2D eigenvalue weighted by Gasteiger charge is 2.31. The van der Waals surface area contributed by atoms with Crippen molar-refractivity contribution in [3.05, 3.63) is 24.0 Å². The highest BCUT2D eigenvalue weighted by Crippen LogP contribution is 2.36. The van der Waals surface area contributed by atoms with Crippen molar-refractivity contribution in [2.75, 3.05) is 13.7 Å². The molecule has 1 aromatic carbocycles. The fraction of sp³-hybridized carbons (Fsp3) is 0.562. The van der Waals surface area contributed by atoms with Gasteiger partial charge in [-0.1, -0.05) is 0 Å². The van der Waals surface area contributed by atoms with Crippen molar-refractivity contribution in [2.45, 2.75) is 44.2 Å². The predicted octanol–water partition coefficient (Wildman–Crippen LogP) is 3.91. The summed E-state index contributed by atoms with van der Waals surface area (Å²) in [5.41, 5.74) is 1.95. The molecular formula is C16H21ClN2O2. The van der Waals surface area contributed by atoms with Crippen LogP contribution in [0.5, 0.6) is 5.75 Å². The Bertz CT molecular complexity index is 651. The highest BCUT2D eigenvalue weighted by molar-refractivity contribution is 6.16. The van der Waals surface area contributed by atoms with Gasteiger partial charge in [-0.2, -0.15) is 0 Å². The predicted molar refractivity (Wildman–Crippen MR) is 84.1 cm³/mol.